The molecule has 3 rings (SSSR count). The van der Waals surface area contributed by atoms with Crippen LogP contribution in [0.15, 0.2) is 18.2 Å². The summed E-state index contributed by atoms with van der Waals surface area (Å²) in [6.45, 7) is 0.961. The highest BCUT2D eigenvalue weighted by atomic mass is 19.3. The number of ether oxygens (including phenoxy) is 2. The second-order valence-electron chi connectivity index (χ2n) is 4.98. The highest BCUT2D eigenvalue weighted by molar-refractivity contribution is 5.98. The summed E-state index contributed by atoms with van der Waals surface area (Å²) in [5, 5.41) is 0. The van der Waals surface area contributed by atoms with Gasteiger partial charge in [-0.3, -0.25) is 4.79 Å². The summed E-state index contributed by atoms with van der Waals surface area (Å²) in [4.78, 5) is 13.9. The first-order valence-corrected chi connectivity index (χ1v) is 6.62. The van der Waals surface area contributed by atoms with Gasteiger partial charge in [-0.15, -0.1) is 0 Å². The summed E-state index contributed by atoms with van der Waals surface area (Å²) < 4.78 is 37.2. The number of likely N-dealkylation sites (tertiary alicyclic amines) is 1. The second kappa shape index (κ2) is 4.92. The van der Waals surface area contributed by atoms with Gasteiger partial charge in [0.25, 0.3) is 11.8 Å². The van der Waals surface area contributed by atoms with Gasteiger partial charge in [-0.25, -0.2) is 8.78 Å². The molecule has 1 aromatic carbocycles. The van der Waals surface area contributed by atoms with Gasteiger partial charge in [0.1, 0.15) is 13.2 Å². The number of amides is 1. The van der Waals surface area contributed by atoms with Gasteiger partial charge in [0.05, 0.1) is 5.56 Å². The van der Waals surface area contributed by atoms with E-state index in [2.05, 4.69) is 0 Å². The lowest BCUT2D eigenvalue weighted by atomic mass is 10.0. The van der Waals surface area contributed by atoms with Gasteiger partial charge in [-0.1, -0.05) is 6.07 Å². The molecule has 2 aliphatic rings. The molecule has 0 bridgehead atoms. The molecular formula is C14H15F2NO3. The molecular weight excluding hydrogens is 268 g/mol. The van der Waals surface area contributed by atoms with Crippen LogP contribution in [0.4, 0.5) is 8.78 Å². The summed E-state index contributed by atoms with van der Waals surface area (Å²) >= 11 is 0. The fourth-order valence-electron chi connectivity index (χ4n) is 2.45. The van der Waals surface area contributed by atoms with Gasteiger partial charge in [-0.05, 0) is 12.1 Å². The quantitative estimate of drug-likeness (QED) is 0.794. The Kier molecular flexibility index (Phi) is 3.23. The largest absolute Gasteiger partial charge is 0.486 e. The molecule has 2 aliphatic heterocycles. The van der Waals surface area contributed by atoms with Gasteiger partial charge in [0, 0.05) is 25.9 Å². The Balaban J connectivity index is 1.81. The van der Waals surface area contributed by atoms with Crippen LogP contribution < -0.4 is 9.47 Å². The molecule has 20 heavy (non-hydrogen) atoms. The highest BCUT2D eigenvalue weighted by Gasteiger charge is 2.36. The van der Waals surface area contributed by atoms with Gasteiger partial charge >= 0.3 is 0 Å². The zero-order valence-electron chi connectivity index (χ0n) is 10.9. The molecule has 0 saturated carbocycles. The Labute approximate surface area is 115 Å². The fraction of sp³-hybridized carbons (Fsp3) is 0.500. The number of carbonyl (C=O) groups excluding carboxylic acids is 1. The zero-order chi connectivity index (χ0) is 14.2. The van der Waals surface area contributed by atoms with E-state index in [1.54, 1.807) is 18.2 Å². The van der Waals surface area contributed by atoms with Crippen molar-refractivity contribution in [2.45, 2.75) is 18.8 Å². The van der Waals surface area contributed by atoms with E-state index in [4.69, 9.17) is 9.47 Å². The zero-order valence-corrected chi connectivity index (χ0v) is 10.9. The van der Waals surface area contributed by atoms with Crippen LogP contribution in [0.2, 0.25) is 0 Å². The smallest absolute Gasteiger partial charge is 0.257 e. The third kappa shape index (κ3) is 2.42. The lowest BCUT2D eigenvalue weighted by Crippen LogP contribution is -2.42. The molecule has 1 amide bonds. The van der Waals surface area contributed by atoms with Gasteiger partial charge < -0.3 is 14.4 Å². The standard InChI is InChI=1S/C14H15F2NO3/c15-14(16)4-6-17(7-5-14)13(18)10-2-1-3-11-12(10)20-9-8-19-11/h1-3H,4-9H2. The number of carbonyl (C=O) groups is 1. The third-order valence-electron chi connectivity index (χ3n) is 3.58. The molecule has 0 spiro atoms. The predicted molar refractivity (Wildman–Crippen MR) is 67.5 cm³/mol. The first-order chi connectivity index (χ1) is 9.57. The number of halogens is 2. The molecule has 0 atom stereocenters. The molecule has 0 unspecified atom stereocenters. The summed E-state index contributed by atoms with van der Waals surface area (Å²) in [5.41, 5.74) is 0.382. The maximum absolute atomic E-state index is 13.1. The van der Waals surface area contributed by atoms with Crippen LogP contribution in [0, 0.1) is 0 Å². The fourth-order valence-corrected chi connectivity index (χ4v) is 2.45. The van der Waals surface area contributed by atoms with E-state index >= 15 is 0 Å². The minimum Gasteiger partial charge on any atom is -0.486 e. The number of piperidine rings is 1. The monoisotopic (exact) mass is 283 g/mol. The SMILES string of the molecule is O=C(c1cccc2c1OCCO2)N1CCC(F)(F)CC1. The number of hydrogen-bond acceptors (Lipinski definition) is 3. The van der Waals surface area contributed by atoms with E-state index in [0.717, 1.165) is 0 Å². The van der Waals surface area contributed by atoms with Crippen molar-refractivity contribution in [1.29, 1.82) is 0 Å². The lowest BCUT2D eigenvalue weighted by molar-refractivity contribution is -0.0494. The number of para-hydroxylation sites is 1. The topological polar surface area (TPSA) is 38.8 Å². The van der Waals surface area contributed by atoms with Crippen molar-refractivity contribution in [2.75, 3.05) is 26.3 Å². The molecule has 0 N–H and O–H groups in total. The summed E-state index contributed by atoms with van der Waals surface area (Å²) in [6.07, 6.45) is -0.573. The molecule has 1 saturated heterocycles. The van der Waals surface area contributed by atoms with Crippen molar-refractivity contribution < 1.29 is 23.0 Å². The molecule has 0 radical (unpaired) electrons. The van der Waals surface area contributed by atoms with Crippen molar-refractivity contribution in [2.24, 2.45) is 0 Å². The summed E-state index contributed by atoms with van der Waals surface area (Å²) in [6, 6.07) is 5.08. The molecule has 4 nitrogen and oxygen atoms in total. The van der Waals surface area contributed by atoms with Crippen LogP contribution in [0.1, 0.15) is 23.2 Å². The van der Waals surface area contributed by atoms with E-state index in [9.17, 15) is 13.6 Å². The number of nitrogens with zero attached hydrogens (tertiary/aromatic N) is 1. The third-order valence-corrected chi connectivity index (χ3v) is 3.58. The number of rotatable bonds is 1. The molecule has 0 aromatic heterocycles. The molecule has 2 heterocycles. The Morgan fingerprint density at radius 1 is 1.15 bits per heavy atom. The second-order valence-corrected chi connectivity index (χ2v) is 4.98. The van der Waals surface area contributed by atoms with Gasteiger partial charge in [-0.2, -0.15) is 0 Å². The molecule has 6 heteroatoms. The Morgan fingerprint density at radius 2 is 1.85 bits per heavy atom. The predicted octanol–water partition coefficient (Wildman–Crippen LogP) is 2.33. The van der Waals surface area contributed by atoms with E-state index in [-0.39, 0.29) is 31.8 Å². The summed E-state index contributed by atoms with van der Waals surface area (Å²) in [7, 11) is 0. The lowest BCUT2D eigenvalue weighted by Gasteiger charge is -2.32. The maximum atomic E-state index is 13.1. The first-order valence-electron chi connectivity index (χ1n) is 6.62. The average Bonchev–Trinajstić information content (AvgIpc) is 2.46. The van der Waals surface area contributed by atoms with E-state index in [1.807, 2.05) is 0 Å². The highest BCUT2D eigenvalue weighted by Crippen LogP contribution is 2.35. The van der Waals surface area contributed by atoms with Gasteiger partial charge in [0.15, 0.2) is 11.5 Å². The van der Waals surface area contributed by atoms with Crippen LogP contribution >= 0.6 is 0 Å². The number of benzene rings is 1. The van der Waals surface area contributed by atoms with Crippen LogP contribution in [0.5, 0.6) is 11.5 Å². The van der Waals surface area contributed by atoms with Gasteiger partial charge in [0.2, 0.25) is 0 Å². The molecule has 0 aliphatic carbocycles. The molecule has 1 fully saturated rings. The first kappa shape index (κ1) is 13.1. The van der Waals surface area contributed by atoms with Crippen LogP contribution in [0.25, 0.3) is 0 Å². The Morgan fingerprint density at radius 3 is 2.60 bits per heavy atom. The van der Waals surface area contributed by atoms with Crippen LogP contribution in [0.3, 0.4) is 0 Å². The minimum absolute atomic E-state index is 0.0658. The van der Waals surface area contributed by atoms with Crippen LogP contribution in [-0.4, -0.2) is 43.0 Å². The molecule has 108 valence electrons. The number of hydrogen-bond donors (Lipinski definition) is 0. The molecule has 1 aromatic rings. The van der Waals surface area contributed by atoms with E-state index in [1.165, 1.54) is 4.90 Å². The number of alkyl halides is 2. The van der Waals surface area contributed by atoms with E-state index < -0.39 is 5.92 Å². The van der Waals surface area contributed by atoms with Crippen LogP contribution in [-0.2, 0) is 0 Å². The van der Waals surface area contributed by atoms with Crippen molar-refractivity contribution in [3.05, 3.63) is 23.8 Å². The van der Waals surface area contributed by atoms with Crippen molar-refractivity contribution in [1.82, 2.24) is 4.90 Å². The van der Waals surface area contributed by atoms with E-state index in [0.29, 0.717) is 30.3 Å². The normalized spacial score (nSPS) is 20.6. The average molecular weight is 283 g/mol. The Hall–Kier alpha value is -1.85. The van der Waals surface area contributed by atoms with Crippen molar-refractivity contribution >= 4 is 5.91 Å². The maximum Gasteiger partial charge on any atom is 0.257 e. The van der Waals surface area contributed by atoms with Crippen molar-refractivity contribution in [3.8, 4) is 11.5 Å². The minimum atomic E-state index is -2.66. The summed E-state index contributed by atoms with van der Waals surface area (Å²) in [5.74, 6) is -1.99. The Bertz CT molecular complexity index is 523. The van der Waals surface area contributed by atoms with Crippen molar-refractivity contribution in [3.63, 3.8) is 0 Å². The number of fused-ring (bicyclic) bond motifs is 1.